The largest absolute Gasteiger partial charge is 0.444 e. The van der Waals surface area contributed by atoms with Crippen molar-refractivity contribution in [2.45, 2.75) is 142 Å². The molecule has 0 bridgehead atoms. The molecule has 4 saturated heterocycles. The van der Waals surface area contributed by atoms with Gasteiger partial charge in [0, 0.05) is 50.3 Å². The highest BCUT2D eigenvalue weighted by molar-refractivity contribution is 5.70. The lowest BCUT2D eigenvalue weighted by Crippen LogP contribution is -2.56. The molecule has 8 heteroatoms. The van der Waals surface area contributed by atoms with Gasteiger partial charge in [0.25, 0.3) is 0 Å². The molecule has 4 heterocycles. The fraction of sp³-hybridized carbons (Fsp3) is 0.938. The number of hydrogen-bond acceptors (Lipinski definition) is 6. The Labute approximate surface area is 244 Å². The maximum Gasteiger partial charge on any atom is 0.410 e. The molecule has 230 valence electrons. The van der Waals surface area contributed by atoms with Gasteiger partial charge in [-0.2, -0.15) is 0 Å². The minimum Gasteiger partial charge on any atom is -0.444 e. The number of carbonyl (C=O) groups excluding carboxylic acids is 2. The van der Waals surface area contributed by atoms with Gasteiger partial charge in [0.05, 0.1) is 0 Å². The van der Waals surface area contributed by atoms with Gasteiger partial charge in [-0.05, 0) is 132 Å². The van der Waals surface area contributed by atoms with Crippen LogP contribution in [-0.2, 0) is 9.47 Å². The molecule has 0 aliphatic carbocycles. The van der Waals surface area contributed by atoms with Crippen LogP contribution >= 0.6 is 0 Å². The van der Waals surface area contributed by atoms with Gasteiger partial charge in [0.2, 0.25) is 0 Å². The van der Waals surface area contributed by atoms with Gasteiger partial charge >= 0.3 is 12.2 Å². The van der Waals surface area contributed by atoms with Crippen LogP contribution in [0.2, 0.25) is 0 Å². The van der Waals surface area contributed by atoms with Crippen molar-refractivity contribution >= 4 is 12.2 Å². The van der Waals surface area contributed by atoms with Crippen LogP contribution in [0.3, 0.4) is 0 Å². The van der Waals surface area contributed by atoms with E-state index < -0.39 is 11.2 Å². The maximum absolute atomic E-state index is 13.4. The fourth-order valence-corrected chi connectivity index (χ4v) is 7.55. The second-order valence-electron chi connectivity index (χ2n) is 15.3. The highest BCUT2D eigenvalue weighted by Gasteiger charge is 2.47. The Morgan fingerprint density at radius 1 is 0.750 bits per heavy atom. The fourth-order valence-electron chi connectivity index (χ4n) is 7.55. The molecule has 4 rings (SSSR count). The van der Waals surface area contributed by atoms with Crippen molar-refractivity contribution < 1.29 is 19.1 Å². The van der Waals surface area contributed by atoms with E-state index in [4.69, 9.17) is 9.47 Å². The zero-order valence-corrected chi connectivity index (χ0v) is 26.9. The first-order chi connectivity index (χ1) is 18.6. The minimum atomic E-state index is -0.482. The van der Waals surface area contributed by atoms with E-state index in [1.165, 1.54) is 0 Å². The molecule has 8 nitrogen and oxygen atoms in total. The Kier molecular flexibility index (Phi) is 9.41. The number of amides is 2. The number of piperidine rings is 2. The lowest BCUT2D eigenvalue weighted by molar-refractivity contribution is -0.0239. The molecule has 2 amide bonds. The number of carbonyl (C=O) groups is 2. The second-order valence-corrected chi connectivity index (χ2v) is 15.3. The number of ether oxygens (including phenoxy) is 2. The van der Waals surface area contributed by atoms with Gasteiger partial charge in [-0.15, -0.1) is 0 Å². The van der Waals surface area contributed by atoms with Gasteiger partial charge in [0.15, 0.2) is 0 Å². The second kappa shape index (κ2) is 12.0. The van der Waals surface area contributed by atoms with Crippen molar-refractivity contribution in [3.05, 3.63) is 0 Å². The molecule has 4 aliphatic heterocycles. The molecule has 1 atom stereocenters. The normalized spacial score (nSPS) is 24.7. The molecule has 4 aliphatic rings. The Morgan fingerprint density at radius 3 is 1.95 bits per heavy atom. The Balaban J connectivity index is 1.21. The Morgan fingerprint density at radius 2 is 1.35 bits per heavy atom. The van der Waals surface area contributed by atoms with Crippen molar-refractivity contribution in [2.75, 3.05) is 45.8 Å². The summed E-state index contributed by atoms with van der Waals surface area (Å²) in [6.45, 7) is 23.5. The number of likely N-dealkylation sites (tertiary alicyclic amines) is 4. The molecule has 0 aromatic heterocycles. The van der Waals surface area contributed by atoms with Crippen molar-refractivity contribution in [1.29, 1.82) is 0 Å². The van der Waals surface area contributed by atoms with E-state index in [2.05, 4.69) is 49.3 Å². The molecule has 0 N–H and O–H groups in total. The van der Waals surface area contributed by atoms with Crippen molar-refractivity contribution in [2.24, 2.45) is 5.41 Å². The van der Waals surface area contributed by atoms with Crippen LogP contribution in [0.25, 0.3) is 0 Å². The minimum absolute atomic E-state index is 0.00506. The lowest BCUT2D eigenvalue weighted by Gasteiger charge is -2.46. The van der Waals surface area contributed by atoms with Crippen LogP contribution in [0.15, 0.2) is 0 Å². The number of hydrogen-bond donors (Lipinski definition) is 0. The van der Waals surface area contributed by atoms with Crippen LogP contribution in [0.4, 0.5) is 9.59 Å². The molecular formula is C32H58N4O4. The molecule has 4 fully saturated rings. The van der Waals surface area contributed by atoms with Gasteiger partial charge in [-0.1, -0.05) is 0 Å². The van der Waals surface area contributed by atoms with Crippen LogP contribution in [0.1, 0.15) is 113 Å². The predicted molar refractivity (Wildman–Crippen MR) is 160 cm³/mol. The van der Waals surface area contributed by atoms with Crippen molar-refractivity contribution in [1.82, 2.24) is 19.6 Å². The zero-order chi connectivity index (χ0) is 29.3. The summed E-state index contributed by atoms with van der Waals surface area (Å²) in [6, 6.07) is 1.01. The summed E-state index contributed by atoms with van der Waals surface area (Å²) in [5, 5.41) is 0. The van der Waals surface area contributed by atoms with E-state index in [-0.39, 0.29) is 23.1 Å². The summed E-state index contributed by atoms with van der Waals surface area (Å²) >= 11 is 0. The van der Waals surface area contributed by atoms with E-state index in [0.717, 1.165) is 104 Å². The average molecular weight is 563 g/mol. The monoisotopic (exact) mass is 562 g/mol. The average Bonchev–Trinajstić information content (AvgIpc) is 3.47. The molecule has 2 spiro atoms. The topological polar surface area (TPSA) is 65.6 Å². The number of rotatable bonds is 6. The highest BCUT2D eigenvalue weighted by Crippen LogP contribution is 2.42. The van der Waals surface area contributed by atoms with E-state index in [1.807, 2.05) is 25.7 Å². The van der Waals surface area contributed by atoms with Crippen LogP contribution in [0.5, 0.6) is 0 Å². The van der Waals surface area contributed by atoms with Crippen LogP contribution in [0, 0.1) is 5.41 Å². The third-order valence-electron chi connectivity index (χ3n) is 10.4. The standard InChI is InChI=1S/C32H58N4O4/c1-25(2)33-22-16-32(17-23-33)11-9-18-36(32)28(38)40-30(7,8)12-10-26(3)34-19-13-31(14-20-34)15-21-35(24-31)27(37)39-29(4,5)6/h25-26H,9-24H2,1-8H3. The van der Waals surface area contributed by atoms with Gasteiger partial charge in [-0.25, -0.2) is 9.59 Å². The van der Waals surface area contributed by atoms with E-state index in [1.54, 1.807) is 0 Å². The summed E-state index contributed by atoms with van der Waals surface area (Å²) in [5.74, 6) is 0. The van der Waals surface area contributed by atoms with E-state index in [9.17, 15) is 9.59 Å². The number of nitrogens with zero attached hydrogens (tertiary/aromatic N) is 4. The third-order valence-corrected chi connectivity index (χ3v) is 10.4. The Hall–Kier alpha value is -1.54. The van der Waals surface area contributed by atoms with E-state index >= 15 is 0 Å². The SMILES string of the molecule is CC(C)N1CCC2(CCCN2C(=O)OC(C)(C)CCC(C)N2CCC3(CCN(C(=O)OC(C)(C)C)C3)CC2)CC1. The first kappa shape index (κ1) is 31.4. The first-order valence-electron chi connectivity index (χ1n) is 16.1. The van der Waals surface area contributed by atoms with Gasteiger partial charge in [0.1, 0.15) is 11.2 Å². The molecule has 40 heavy (non-hydrogen) atoms. The quantitative estimate of drug-likeness (QED) is 0.388. The molecule has 1 unspecified atom stereocenters. The summed E-state index contributed by atoms with van der Waals surface area (Å²) < 4.78 is 11.8. The molecule has 0 aromatic carbocycles. The smallest absolute Gasteiger partial charge is 0.410 e. The van der Waals surface area contributed by atoms with E-state index in [0.29, 0.717) is 12.1 Å². The Bertz CT molecular complexity index is 882. The summed E-state index contributed by atoms with van der Waals surface area (Å²) in [4.78, 5) is 35.1. The lowest BCUT2D eigenvalue weighted by atomic mass is 9.77. The summed E-state index contributed by atoms with van der Waals surface area (Å²) in [5.41, 5.74) is -0.701. The maximum atomic E-state index is 13.4. The molecule has 0 radical (unpaired) electrons. The van der Waals surface area contributed by atoms with Crippen LogP contribution in [-0.4, -0.2) is 106 Å². The molecule has 0 aromatic rings. The van der Waals surface area contributed by atoms with Gasteiger partial charge < -0.3 is 29.1 Å². The molecular weight excluding hydrogens is 504 g/mol. The summed E-state index contributed by atoms with van der Waals surface area (Å²) in [7, 11) is 0. The van der Waals surface area contributed by atoms with Gasteiger partial charge in [-0.3, -0.25) is 0 Å². The zero-order valence-electron chi connectivity index (χ0n) is 26.9. The first-order valence-corrected chi connectivity index (χ1v) is 16.1. The predicted octanol–water partition coefficient (Wildman–Crippen LogP) is 6.13. The highest BCUT2D eigenvalue weighted by atomic mass is 16.6. The van der Waals surface area contributed by atoms with Crippen molar-refractivity contribution in [3.63, 3.8) is 0 Å². The van der Waals surface area contributed by atoms with Crippen LogP contribution < -0.4 is 0 Å². The third kappa shape index (κ3) is 7.45. The summed E-state index contributed by atoms with van der Waals surface area (Å²) in [6.07, 6.45) is 9.22. The molecule has 0 saturated carbocycles. The van der Waals surface area contributed by atoms with Crippen molar-refractivity contribution in [3.8, 4) is 0 Å².